The quantitative estimate of drug-likeness (QED) is 0.880. The normalized spacial score (nSPS) is 11.9. The SMILES string of the molecule is C[C@H](NCC(=O)Nc1ccccc1F)c1ccncc1. The van der Waals surface area contributed by atoms with Crippen molar-refractivity contribution in [2.45, 2.75) is 13.0 Å². The number of halogens is 1. The molecule has 1 aromatic heterocycles. The highest BCUT2D eigenvalue weighted by Crippen LogP contribution is 2.12. The zero-order chi connectivity index (χ0) is 14.4. The highest BCUT2D eigenvalue weighted by molar-refractivity contribution is 5.92. The van der Waals surface area contributed by atoms with Crippen LogP contribution in [0.1, 0.15) is 18.5 Å². The first kappa shape index (κ1) is 14.1. The van der Waals surface area contributed by atoms with E-state index < -0.39 is 5.82 Å². The maximum absolute atomic E-state index is 13.4. The van der Waals surface area contributed by atoms with E-state index in [0.29, 0.717) is 0 Å². The van der Waals surface area contributed by atoms with Crippen LogP contribution in [0.25, 0.3) is 0 Å². The van der Waals surface area contributed by atoms with Gasteiger partial charge >= 0.3 is 0 Å². The van der Waals surface area contributed by atoms with Gasteiger partial charge in [-0.25, -0.2) is 4.39 Å². The van der Waals surface area contributed by atoms with Crippen LogP contribution in [-0.4, -0.2) is 17.4 Å². The molecule has 0 spiro atoms. The molecule has 0 unspecified atom stereocenters. The molecule has 0 bridgehead atoms. The molecule has 2 rings (SSSR count). The Morgan fingerprint density at radius 1 is 1.25 bits per heavy atom. The van der Waals surface area contributed by atoms with Crippen molar-refractivity contribution in [1.82, 2.24) is 10.3 Å². The number of nitrogens with zero attached hydrogens (tertiary/aromatic N) is 1. The van der Waals surface area contributed by atoms with E-state index in [4.69, 9.17) is 0 Å². The molecular formula is C15H16FN3O. The van der Waals surface area contributed by atoms with Gasteiger partial charge in [0.05, 0.1) is 12.2 Å². The second kappa shape index (κ2) is 6.77. The molecule has 1 amide bonds. The van der Waals surface area contributed by atoms with Crippen LogP contribution in [0.4, 0.5) is 10.1 Å². The van der Waals surface area contributed by atoms with Gasteiger partial charge in [0.15, 0.2) is 0 Å². The van der Waals surface area contributed by atoms with Crippen LogP contribution in [0.15, 0.2) is 48.8 Å². The standard InChI is InChI=1S/C15H16FN3O/c1-11(12-6-8-17-9-7-12)18-10-15(20)19-14-5-3-2-4-13(14)16/h2-9,11,18H,10H2,1H3,(H,19,20)/t11-/m0/s1. The van der Waals surface area contributed by atoms with Crippen molar-refractivity contribution in [2.24, 2.45) is 0 Å². The summed E-state index contributed by atoms with van der Waals surface area (Å²) in [5, 5.41) is 5.60. The molecule has 0 saturated carbocycles. The third kappa shape index (κ3) is 3.86. The molecule has 2 N–H and O–H groups in total. The summed E-state index contributed by atoms with van der Waals surface area (Å²) in [6.07, 6.45) is 3.40. The van der Waals surface area contributed by atoms with E-state index in [1.807, 2.05) is 19.1 Å². The summed E-state index contributed by atoms with van der Waals surface area (Å²) in [6, 6.07) is 9.87. The largest absolute Gasteiger partial charge is 0.322 e. The van der Waals surface area contributed by atoms with Gasteiger partial charge in [-0.15, -0.1) is 0 Å². The Balaban J connectivity index is 1.85. The second-order valence-electron chi connectivity index (χ2n) is 4.41. The number of anilines is 1. The van der Waals surface area contributed by atoms with Gasteiger partial charge in [0.1, 0.15) is 5.82 Å². The van der Waals surface area contributed by atoms with Gasteiger partial charge in [0.25, 0.3) is 0 Å². The minimum absolute atomic E-state index is 0.0179. The Morgan fingerprint density at radius 2 is 1.95 bits per heavy atom. The monoisotopic (exact) mass is 273 g/mol. The van der Waals surface area contributed by atoms with Gasteiger partial charge in [0.2, 0.25) is 5.91 Å². The fourth-order valence-corrected chi connectivity index (χ4v) is 1.77. The second-order valence-corrected chi connectivity index (χ2v) is 4.41. The van der Waals surface area contributed by atoms with Gasteiger partial charge in [0, 0.05) is 18.4 Å². The molecule has 2 aromatic rings. The Labute approximate surface area is 117 Å². The number of amides is 1. The molecular weight excluding hydrogens is 257 g/mol. The smallest absolute Gasteiger partial charge is 0.238 e. The maximum Gasteiger partial charge on any atom is 0.238 e. The van der Waals surface area contributed by atoms with E-state index in [-0.39, 0.29) is 24.2 Å². The Morgan fingerprint density at radius 3 is 2.65 bits per heavy atom. The van der Waals surface area contributed by atoms with Crippen molar-refractivity contribution in [3.05, 3.63) is 60.2 Å². The molecule has 5 heteroatoms. The topological polar surface area (TPSA) is 54.0 Å². The average molecular weight is 273 g/mol. The van der Waals surface area contributed by atoms with Gasteiger partial charge < -0.3 is 10.6 Å². The van der Waals surface area contributed by atoms with E-state index in [1.165, 1.54) is 12.1 Å². The number of carbonyl (C=O) groups is 1. The number of carbonyl (C=O) groups excluding carboxylic acids is 1. The molecule has 104 valence electrons. The predicted molar refractivity (Wildman–Crippen MR) is 75.7 cm³/mol. The maximum atomic E-state index is 13.4. The van der Waals surface area contributed by atoms with Crippen LogP contribution < -0.4 is 10.6 Å². The van der Waals surface area contributed by atoms with E-state index >= 15 is 0 Å². The van der Waals surface area contributed by atoms with E-state index in [1.54, 1.807) is 24.5 Å². The molecule has 1 heterocycles. The number of para-hydroxylation sites is 1. The van der Waals surface area contributed by atoms with Gasteiger partial charge in [-0.05, 0) is 36.8 Å². The molecule has 1 atom stereocenters. The van der Waals surface area contributed by atoms with E-state index in [9.17, 15) is 9.18 Å². The van der Waals surface area contributed by atoms with Crippen molar-refractivity contribution in [1.29, 1.82) is 0 Å². The molecule has 0 aliphatic rings. The average Bonchev–Trinajstić information content (AvgIpc) is 2.48. The number of rotatable bonds is 5. The molecule has 1 aromatic carbocycles. The van der Waals surface area contributed by atoms with Gasteiger partial charge in [-0.2, -0.15) is 0 Å². The summed E-state index contributed by atoms with van der Waals surface area (Å²) >= 11 is 0. The molecule has 4 nitrogen and oxygen atoms in total. The number of benzene rings is 1. The van der Waals surface area contributed by atoms with Crippen molar-refractivity contribution in [3.8, 4) is 0 Å². The molecule has 0 aliphatic heterocycles. The molecule has 0 fully saturated rings. The molecule has 0 saturated heterocycles. The summed E-state index contributed by atoms with van der Waals surface area (Å²) in [5.74, 6) is -0.723. The van der Waals surface area contributed by atoms with Crippen LogP contribution >= 0.6 is 0 Å². The number of hydrogen-bond donors (Lipinski definition) is 2. The number of hydrogen-bond acceptors (Lipinski definition) is 3. The van der Waals surface area contributed by atoms with Crippen molar-refractivity contribution < 1.29 is 9.18 Å². The van der Waals surface area contributed by atoms with Crippen molar-refractivity contribution >= 4 is 11.6 Å². The van der Waals surface area contributed by atoms with Crippen LogP contribution in [0.2, 0.25) is 0 Å². The van der Waals surface area contributed by atoms with Crippen LogP contribution in [-0.2, 0) is 4.79 Å². The highest BCUT2D eigenvalue weighted by atomic mass is 19.1. The Hall–Kier alpha value is -2.27. The summed E-state index contributed by atoms with van der Waals surface area (Å²) in [7, 11) is 0. The lowest BCUT2D eigenvalue weighted by Gasteiger charge is -2.14. The van der Waals surface area contributed by atoms with Crippen LogP contribution in [0.3, 0.4) is 0 Å². The van der Waals surface area contributed by atoms with E-state index in [0.717, 1.165) is 5.56 Å². The molecule has 0 radical (unpaired) electrons. The highest BCUT2D eigenvalue weighted by Gasteiger charge is 2.09. The van der Waals surface area contributed by atoms with Crippen molar-refractivity contribution in [2.75, 3.05) is 11.9 Å². The third-order valence-corrected chi connectivity index (χ3v) is 2.92. The lowest BCUT2D eigenvalue weighted by Crippen LogP contribution is -2.30. The first-order valence-electron chi connectivity index (χ1n) is 6.34. The number of nitrogens with one attached hydrogen (secondary N) is 2. The summed E-state index contributed by atoms with van der Waals surface area (Å²) < 4.78 is 13.4. The summed E-state index contributed by atoms with van der Waals surface area (Å²) in [4.78, 5) is 15.7. The predicted octanol–water partition coefficient (Wildman–Crippen LogP) is 2.51. The summed E-state index contributed by atoms with van der Waals surface area (Å²) in [6.45, 7) is 2.06. The first-order valence-corrected chi connectivity index (χ1v) is 6.34. The van der Waals surface area contributed by atoms with Crippen LogP contribution in [0.5, 0.6) is 0 Å². The minimum Gasteiger partial charge on any atom is -0.322 e. The third-order valence-electron chi connectivity index (χ3n) is 2.92. The lowest BCUT2D eigenvalue weighted by molar-refractivity contribution is -0.115. The first-order chi connectivity index (χ1) is 9.66. The lowest BCUT2D eigenvalue weighted by atomic mass is 10.1. The number of pyridine rings is 1. The fourth-order valence-electron chi connectivity index (χ4n) is 1.77. The summed E-state index contributed by atoms with van der Waals surface area (Å²) in [5.41, 5.74) is 1.23. The zero-order valence-electron chi connectivity index (χ0n) is 11.1. The van der Waals surface area contributed by atoms with Crippen LogP contribution in [0, 0.1) is 5.82 Å². The van der Waals surface area contributed by atoms with Gasteiger partial charge in [-0.1, -0.05) is 12.1 Å². The molecule has 0 aliphatic carbocycles. The molecule has 20 heavy (non-hydrogen) atoms. The fraction of sp³-hybridized carbons (Fsp3) is 0.200. The van der Waals surface area contributed by atoms with E-state index in [2.05, 4.69) is 15.6 Å². The van der Waals surface area contributed by atoms with Crippen molar-refractivity contribution in [3.63, 3.8) is 0 Å². The Bertz CT molecular complexity index is 574. The minimum atomic E-state index is -0.442. The van der Waals surface area contributed by atoms with Gasteiger partial charge in [-0.3, -0.25) is 9.78 Å². The zero-order valence-corrected chi connectivity index (χ0v) is 11.1. The number of aromatic nitrogens is 1. The Kier molecular flexibility index (Phi) is 4.79.